The maximum absolute atomic E-state index is 5.65. The molecule has 0 aliphatic carbocycles. The van der Waals surface area contributed by atoms with Gasteiger partial charge in [0, 0.05) is 32.9 Å². The molecule has 0 amide bonds. The van der Waals surface area contributed by atoms with Gasteiger partial charge in [-0.2, -0.15) is 0 Å². The van der Waals surface area contributed by atoms with Crippen molar-refractivity contribution in [2.75, 3.05) is 32.2 Å². The van der Waals surface area contributed by atoms with Crippen molar-refractivity contribution >= 4 is 5.69 Å². The van der Waals surface area contributed by atoms with Crippen LogP contribution >= 0.6 is 0 Å². The fraction of sp³-hybridized carbons (Fsp3) is 0.412. The molecule has 114 valence electrons. The Kier molecular flexibility index (Phi) is 5.84. The molecule has 2 rings (SSSR count). The Morgan fingerprint density at radius 2 is 2.00 bits per heavy atom. The van der Waals surface area contributed by atoms with Crippen LogP contribution in [-0.4, -0.2) is 27.3 Å². The number of rotatable bonds is 8. The van der Waals surface area contributed by atoms with Gasteiger partial charge in [0.2, 0.25) is 0 Å². The third kappa shape index (κ3) is 4.62. The van der Waals surface area contributed by atoms with Crippen molar-refractivity contribution in [1.29, 1.82) is 0 Å². The zero-order chi connectivity index (χ0) is 15.1. The highest BCUT2D eigenvalue weighted by Gasteiger charge is 2.09. The zero-order valence-electron chi connectivity index (χ0n) is 13.1. The lowest BCUT2D eigenvalue weighted by Gasteiger charge is -2.21. The van der Waals surface area contributed by atoms with E-state index in [9.17, 15) is 0 Å². The Hall–Kier alpha value is -1.78. The minimum atomic E-state index is 0.726. The molecule has 0 bridgehead atoms. The molecule has 0 fully saturated rings. The number of benzene rings is 1. The number of anilines is 1. The molecule has 0 aliphatic rings. The zero-order valence-corrected chi connectivity index (χ0v) is 13.1. The second-order valence-electron chi connectivity index (χ2n) is 5.17. The van der Waals surface area contributed by atoms with Gasteiger partial charge >= 0.3 is 0 Å². The van der Waals surface area contributed by atoms with Crippen LogP contribution in [0.2, 0.25) is 0 Å². The molecule has 2 aromatic rings. The van der Waals surface area contributed by atoms with Crippen LogP contribution in [-0.2, 0) is 17.8 Å². The van der Waals surface area contributed by atoms with Crippen LogP contribution in [0.5, 0.6) is 0 Å². The minimum Gasteiger partial charge on any atom is -0.464 e. The molecule has 0 spiro atoms. The summed E-state index contributed by atoms with van der Waals surface area (Å²) in [6, 6.07) is 12.5. The first-order valence-electron chi connectivity index (χ1n) is 7.24. The van der Waals surface area contributed by atoms with Crippen LogP contribution in [0.4, 0.5) is 5.69 Å². The number of para-hydroxylation sites is 1. The van der Waals surface area contributed by atoms with E-state index in [1.54, 1.807) is 7.11 Å². The lowest BCUT2D eigenvalue weighted by molar-refractivity contribution is 0.199. The van der Waals surface area contributed by atoms with Crippen molar-refractivity contribution in [1.82, 2.24) is 5.32 Å². The molecule has 1 aromatic carbocycles. The van der Waals surface area contributed by atoms with Crippen LogP contribution in [0.15, 0.2) is 40.8 Å². The summed E-state index contributed by atoms with van der Waals surface area (Å²) in [6.45, 7) is 5.15. The van der Waals surface area contributed by atoms with E-state index in [4.69, 9.17) is 9.15 Å². The number of ether oxygens (including phenoxy) is 1. The van der Waals surface area contributed by atoms with Gasteiger partial charge in [0.1, 0.15) is 11.5 Å². The van der Waals surface area contributed by atoms with Gasteiger partial charge in [-0.1, -0.05) is 18.2 Å². The Labute approximate surface area is 126 Å². The molecule has 0 atom stereocenters. The topological polar surface area (TPSA) is 37.6 Å². The number of nitrogens with zero attached hydrogens (tertiary/aromatic N) is 1. The van der Waals surface area contributed by atoms with E-state index in [0.717, 1.165) is 37.8 Å². The molecule has 1 heterocycles. The van der Waals surface area contributed by atoms with Crippen molar-refractivity contribution in [2.24, 2.45) is 0 Å². The summed E-state index contributed by atoms with van der Waals surface area (Å²) in [7, 11) is 3.81. The first-order valence-corrected chi connectivity index (χ1v) is 7.24. The summed E-state index contributed by atoms with van der Waals surface area (Å²) < 4.78 is 10.7. The summed E-state index contributed by atoms with van der Waals surface area (Å²) in [5.41, 5.74) is 2.50. The molecule has 1 N–H and O–H groups in total. The highest BCUT2D eigenvalue weighted by molar-refractivity contribution is 5.53. The lowest BCUT2D eigenvalue weighted by atomic mass is 10.1. The molecule has 0 saturated carbocycles. The SMILES string of the molecule is COCCNCc1ccccc1N(C)Cc1ccc(C)o1. The third-order valence-corrected chi connectivity index (χ3v) is 3.39. The van der Waals surface area contributed by atoms with Crippen LogP contribution in [0.3, 0.4) is 0 Å². The Bertz CT molecular complexity index is 551. The summed E-state index contributed by atoms with van der Waals surface area (Å²) in [5.74, 6) is 1.94. The molecule has 4 heteroatoms. The maximum atomic E-state index is 5.65. The number of hydrogen-bond acceptors (Lipinski definition) is 4. The van der Waals surface area contributed by atoms with Gasteiger partial charge in [0.25, 0.3) is 0 Å². The predicted molar refractivity (Wildman–Crippen MR) is 85.6 cm³/mol. The van der Waals surface area contributed by atoms with E-state index in [1.165, 1.54) is 11.3 Å². The number of furan rings is 1. The van der Waals surface area contributed by atoms with E-state index in [2.05, 4.69) is 41.5 Å². The smallest absolute Gasteiger partial charge is 0.123 e. The fourth-order valence-corrected chi connectivity index (χ4v) is 2.32. The molecular weight excluding hydrogens is 264 g/mol. The number of methoxy groups -OCH3 is 1. The van der Waals surface area contributed by atoms with Gasteiger partial charge < -0.3 is 19.4 Å². The van der Waals surface area contributed by atoms with Crippen molar-refractivity contribution in [3.05, 3.63) is 53.5 Å². The number of nitrogens with one attached hydrogen (secondary N) is 1. The van der Waals surface area contributed by atoms with E-state index in [1.807, 2.05) is 19.1 Å². The van der Waals surface area contributed by atoms with Crippen LogP contribution < -0.4 is 10.2 Å². The van der Waals surface area contributed by atoms with Crippen LogP contribution in [0, 0.1) is 6.92 Å². The fourth-order valence-electron chi connectivity index (χ4n) is 2.32. The van der Waals surface area contributed by atoms with Gasteiger partial charge in [-0.15, -0.1) is 0 Å². The van der Waals surface area contributed by atoms with Crippen LogP contribution in [0.25, 0.3) is 0 Å². The first kappa shape index (κ1) is 15.6. The number of hydrogen-bond donors (Lipinski definition) is 1. The normalized spacial score (nSPS) is 10.8. The van der Waals surface area contributed by atoms with Gasteiger partial charge in [-0.05, 0) is 30.7 Å². The quantitative estimate of drug-likeness (QED) is 0.758. The van der Waals surface area contributed by atoms with Gasteiger partial charge in [0.05, 0.1) is 13.2 Å². The van der Waals surface area contributed by atoms with E-state index in [0.29, 0.717) is 0 Å². The molecule has 0 radical (unpaired) electrons. The average molecular weight is 288 g/mol. The maximum Gasteiger partial charge on any atom is 0.123 e. The molecule has 0 aliphatic heterocycles. The second kappa shape index (κ2) is 7.86. The van der Waals surface area contributed by atoms with Gasteiger partial charge in [0.15, 0.2) is 0 Å². The van der Waals surface area contributed by atoms with E-state index in [-0.39, 0.29) is 0 Å². The average Bonchev–Trinajstić information content (AvgIpc) is 2.89. The van der Waals surface area contributed by atoms with Crippen molar-refractivity contribution in [3.8, 4) is 0 Å². The standard InChI is InChI=1S/C17H24N2O2/c1-14-8-9-16(21-14)13-19(2)17-7-5-4-6-15(17)12-18-10-11-20-3/h4-9,18H,10-13H2,1-3H3. The molecule has 0 unspecified atom stereocenters. The van der Waals surface area contributed by atoms with Crippen molar-refractivity contribution in [2.45, 2.75) is 20.0 Å². The number of aryl methyl sites for hydroxylation is 1. The van der Waals surface area contributed by atoms with Crippen molar-refractivity contribution < 1.29 is 9.15 Å². The van der Waals surface area contributed by atoms with Gasteiger partial charge in [-0.3, -0.25) is 0 Å². The Morgan fingerprint density at radius 3 is 2.71 bits per heavy atom. The Morgan fingerprint density at radius 1 is 1.19 bits per heavy atom. The summed E-state index contributed by atoms with van der Waals surface area (Å²) in [5, 5.41) is 3.39. The molecular formula is C17H24N2O2. The molecule has 0 saturated heterocycles. The van der Waals surface area contributed by atoms with E-state index >= 15 is 0 Å². The predicted octanol–water partition coefficient (Wildman–Crippen LogP) is 2.96. The van der Waals surface area contributed by atoms with E-state index < -0.39 is 0 Å². The highest BCUT2D eigenvalue weighted by Crippen LogP contribution is 2.21. The minimum absolute atomic E-state index is 0.726. The molecule has 21 heavy (non-hydrogen) atoms. The van der Waals surface area contributed by atoms with Gasteiger partial charge in [-0.25, -0.2) is 0 Å². The summed E-state index contributed by atoms with van der Waals surface area (Å²) >= 11 is 0. The molecule has 4 nitrogen and oxygen atoms in total. The highest BCUT2D eigenvalue weighted by atomic mass is 16.5. The third-order valence-electron chi connectivity index (χ3n) is 3.39. The monoisotopic (exact) mass is 288 g/mol. The first-order chi connectivity index (χ1) is 10.2. The lowest BCUT2D eigenvalue weighted by Crippen LogP contribution is -2.22. The van der Waals surface area contributed by atoms with Crippen molar-refractivity contribution in [3.63, 3.8) is 0 Å². The van der Waals surface area contributed by atoms with Crippen LogP contribution in [0.1, 0.15) is 17.1 Å². The largest absolute Gasteiger partial charge is 0.464 e. The summed E-state index contributed by atoms with van der Waals surface area (Å²) in [4.78, 5) is 2.21. The second-order valence-corrected chi connectivity index (χ2v) is 5.17. The Balaban J connectivity index is 2.00. The molecule has 1 aromatic heterocycles. The summed E-state index contributed by atoms with van der Waals surface area (Å²) in [6.07, 6.45) is 0.